The van der Waals surface area contributed by atoms with Crippen molar-refractivity contribution in [2.45, 2.75) is 172 Å². The van der Waals surface area contributed by atoms with E-state index in [0.29, 0.717) is 60.9 Å². The summed E-state index contributed by atoms with van der Waals surface area (Å²) in [6.45, 7) is 9.11. The van der Waals surface area contributed by atoms with Crippen molar-refractivity contribution in [3.63, 3.8) is 0 Å². The van der Waals surface area contributed by atoms with E-state index in [1.54, 1.807) is 36.4 Å². The molecule has 6 rings (SSSR count). The molecule has 512 valence electrons. The average Bonchev–Trinajstić information content (AvgIpc) is 1.81. The summed E-state index contributed by atoms with van der Waals surface area (Å²) < 4.78 is 13.7. The zero-order valence-electron chi connectivity index (χ0n) is 55.0. The van der Waals surface area contributed by atoms with Crippen molar-refractivity contribution in [1.82, 2.24) is 57.3 Å². The molecule has 24 nitrogen and oxygen atoms in total. The van der Waals surface area contributed by atoms with Crippen LogP contribution in [0.1, 0.15) is 126 Å². The van der Waals surface area contributed by atoms with Crippen LogP contribution >= 0.6 is 0 Å². The number of aromatic hydroxyl groups is 1. The number of hydrogen-bond acceptors (Lipinski definition) is 14. The van der Waals surface area contributed by atoms with Crippen LogP contribution in [0.4, 0.5) is 4.39 Å². The van der Waals surface area contributed by atoms with Crippen LogP contribution in [0.25, 0.3) is 10.8 Å². The number of benzene rings is 4. The summed E-state index contributed by atoms with van der Waals surface area (Å²) in [6.07, 6.45) is 5.38. The zero-order chi connectivity index (χ0) is 69.1. The van der Waals surface area contributed by atoms with E-state index in [0.717, 1.165) is 15.7 Å². The topological polar surface area (TPSA) is 353 Å². The van der Waals surface area contributed by atoms with Crippen molar-refractivity contribution in [3.8, 4) is 5.75 Å². The monoisotopic (exact) mass is 1310 g/mol. The van der Waals surface area contributed by atoms with Crippen LogP contribution in [0.5, 0.6) is 5.75 Å². The number of amides is 10. The number of aliphatic hydroxyl groups excluding tert-OH is 1. The predicted octanol–water partition coefficient (Wildman–Crippen LogP) is 3.54. The molecule has 25 heteroatoms. The van der Waals surface area contributed by atoms with E-state index in [2.05, 4.69) is 47.5 Å². The van der Waals surface area contributed by atoms with Crippen molar-refractivity contribution < 1.29 is 62.5 Å². The number of likely N-dealkylation sites (N-methyl/N-ethyl adjacent to an activating group) is 1. The molecule has 0 unspecified atom stereocenters. The van der Waals surface area contributed by atoms with Gasteiger partial charge in [0.05, 0.1) is 12.2 Å². The number of hydrogen-bond donors (Lipinski definition) is 11. The van der Waals surface area contributed by atoms with Gasteiger partial charge < -0.3 is 68.3 Å². The molecule has 5 aromatic rings. The van der Waals surface area contributed by atoms with Gasteiger partial charge in [0.2, 0.25) is 53.2 Å². The number of aromatic nitrogens is 1. The van der Waals surface area contributed by atoms with E-state index < -0.39 is 114 Å². The molecule has 8 atom stereocenters. The van der Waals surface area contributed by atoms with Gasteiger partial charge in [-0.05, 0) is 147 Å². The lowest BCUT2D eigenvalue weighted by atomic mass is 9.97. The van der Waals surface area contributed by atoms with Crippen LogP contribution in [0.3, 0.4) is 0 Å². The highest BCUT2D eigenvalue weighted by Gasteiger charge is 2.40. The van der Waals surface area contributed by atoms with Gasteiger partial charge in [-0.15, -0.1) is 0 Å². The Bertz CT molecular complexity index is 3390. The number of nitrogens with one attached hydrogen (secondary N) is 8. The Labute approximate surface area is 554 Å². The largest absolute Gasteiger partial charge is 0.508 e. The average molecular weight is 1310 g/mol. The van der Waals surface area contributed by atoms with E-state index >= 15 is 9.59 Å². The predicted molar refractivity (Wildman–Crippen MR) is 356 cm³/mol. The number of unbranched alkanes of at least 4 members (excludes halogenated alkanes) is 2. The van der Waals surface area contributed by atoms with Gasteiger partial charge in [0.1, 0.15) is 59.9 Å². The molecule has 12 N–H and O–H groups in total. The van der Waals surface area contributed by atoms with Gasteiger partial charge in [0.25, 0.3) is 5.91 Å². The van der Waals surface area contributed by atoms with E-state index in [4.69, 9.17) is 5.73 Å². The van der Waals surface area contributed by atoms with Gasteiger partial charge in [-0.25, -0.2) is 4.39 Å². The van der Waals surface area contributed by atoms with Crippen molar-refractivity contribution in [3.05, 3.63) is 144 Å². The summed E-state index contributed by atoms with van der Waals surface area (Å²) in [5, 5.41) is 45.6. The molecule has 0 radical (unpaired) electrons. The SMILES string of the molecule is CC(C)C[C@H](NC(=O)[C@@H](CCCCNC(=O)c1cccnc1)NC(=O)[C@H](Cc1ccc(O)cc1)N(C)C(=O)[C@H](CO)NC(=O)[C@@H](Cc1cccc2ccccc12)NC(=O)CCc1ccc(F)cc1)C(=O)N[C@@H](CCCCNC(C)C)C(=O)N1CCC[C@H]1C(=O)N[C@H](C)C(N)=O. The highest BCUT2D eigenvalue weighted by molar-refractivity contribution is 5.99. The van der Waals surface area contributed by atoms with Crippen LogP contribution in [-0.2, 0) is 62.4 Å². The summed E-state index contributed by atoms with van der Waals surface area (Å²) in [4.78, 5) is 147. The number of nitrogens with two attached hydrogens (primary N) is 1. The molecule has 0 bridgehead atoms. The highest BCUT2D eigenvalue weighted by atomic mass is 19.1. The molecule has 2 heterocycles. The third-order valence-corrected chi connectivity index (χ3v) is 16.6. The van der Waals surface area contributed by atoms with Crippen LogP contribution in [-0.4, -0.2) is 172 Å². The molecule has 1 saturated heterocycles. The van der Waals surface area contributed by atoms with Crippen LogP contribution in [0.15, 0.2) is 116 Å². The Morgan fingerprint density at radius 2 is 1.31 bits per heavy atom. The molecule has 1 fully saturated rings. The summed E-state index contributed by atoms with van der Waals surface area (Å²) in [5.74, 6) is -7.70. The molecule has 0 aliphatic carbocycles. The zero-order valence-corrected chi connectivity index (χ0v) is 55.0. The first-order valence-electron chi connectivity index (χ1n) is 32.6. The fraction of sp³-hybridized carbons (Fsp3) is 0.471. The van der Waals surface area contributed by atoms with Crippen molar-refractivity contribution in [2.75, 3.05) is 33.3 Å². The Balaban J connectivity index is 1.27. The summed E-state index contributed by atoms with van der Waals surface area (Å²) in [5.41, 5.74) is 7.57. The molecule has 1 aliphatic rings. The summed E-state index contributed by atoms with van der Waals surface area (Å²) in [6, 6.07) is 17.5. The molecule has 0 saturated carbocycles. The fourth-order valence-corrected chi connectivity index (χ4v) is 11.3. The number of fused-ring (bicyclic) bond motifs is 1. The van der Waals surface area contributed by atoms with Gasteiger partial charge in [-0.3, -0.25) is 52.9 Å². The first-order chi connectivity index (χ1) is 45.4. The van der Waals surface area contributed by atoms with Crippen LogP contribution in [0, 0.1) is 11.7 Å². The Morgan fingerprint density at radius 1 is 0.674 bits per heavy atom. The lowest BCUT2D eigenvalue weighted by molar-refractivity contribution is -0.144. The second kappa shape index (κ2) is 37.5. The number of phenols is 1. The maximum Gasteiger partial charge on any atom is 0.252 e. The number of aryl methyl sites for hydroxylation is 1. The van der Waals surface area contributed by atoms with E-state index in [1.165, 1.54) is 67.7 Å². The van der Waals surface area contributed by atoms with E-state index in [-0.39, 0.29) is 88.1 Å². The second-order valence-electron chi connectivity index (χ2n) is 24.9. The lowest BCUT2D eigenvalue weighted by Gasteiger charge is -2.33. The first kappa shape index (κ1) is 74.7. The number of likely N-dealkylation sites (tertiary alicyclic amines) is 1. The molecule has 1 aliphatic heterocycles. The number of nitrogens with zero attached hydrogens (tertiary/aromatic N) is 3. The number of aliphatic hydroxyl groups is 1. The molecule has 95 heavy (non-hydrogen) atoms. The molecule has 1 aromatic heterocycles. The Morgan fingerprint density at radius 3 is 1.98 bits per heavy atom. The number of rotatable bonds is 37. The second-order valence-corrected chi connectivity index (χ2v) is 24.9. The third-order valence-electron chi connectivity index (χ3n) is 16.6. The Hall–Kier alpha value is -9.36. The fourth-order valence-electron chi connectivity index (χ4n) is 11.3. The number of halogens is 1. The summed E-state index contributed by atoms with van der Waals surface area (Å²) >= 11 is 0. The molecular formula is C70H93FN12O12. The number of carbonyl (C=O) groups is 10. The maximum atomic E-state index is 15.2. The minimum atomic E-state index is -1.70. The number of primary amides is 1. The molecular weight excluding hydrogens is 1220 g/mol. The number of pyridine rings is 1. The van der Waals surface area contributed by atoms with Crippen LogP contribution in [0.2, 0.25) is 0 Å². The van der Waals surface area contributed by atoms with Gasteiger partial charge in [0.15, 0.2) is 0 Å². The maximum absolute atomic E-state index is 15.2. The molecule has 4 aromatic carbocycles. The van der Waals surface area contributed by atoms with Gasteiger partial charge in [-0.1, -0.05) is 94.4 Å². The molecule has 0 spiro atoms. The van der Waals surface area contributed by atoms with E-state index in [9.17, 15) is 53.0 Å². The highest BCUT2D eigenvalue weighted by Crippen LogP contribution is 2.23. The third kappa shape index (κ3) is 23.6. The first-order valence-corrected chi connectivity index (χ1v) is 32.6. The van der Waals surface area contributed by atoms with Gasteiger partial charge in [-0.2, -0.15) is 0 Å². The van der Waals surface area contributed by atoms with Crippen LogP contribution < -0.4 is 48.3 Å². The van der Waals surface area contributed by atoms with Gasteiger partial charge >= 0.3 is 0 Å². The van der Waals surface area contributed by atoms with Crippen molar-refractivity contribution in [2.24, 2.45) is 11.7 Å². The normalized spacial score (nSPS) is 15.1. The molecule has 10 amide bonds. The summed E-state index contributed by atoms with van der Waals surface area (Å²) in [7, 11) is 1.28. The lowest BCUT2D eigenvalue weighted by Crippen LogP contribution is -2.61. The number of phenolic OH excluding ortho intramolecular Hbond substituents is 1. The van der Waals surface area contributed by atoms with Gasteiger partial charge in [0, 0.05) is 57.8 Å². The smallest absolute Gasteiger partial charge is 0.252 e. The minimum Gasteiger partial charge on any atom is -0.508 e. The standard InChI is InChI=1S/C70H93FN12O12/c1-43(2)38-56(65(90)79-55(22-10-11-35-74-44(3)4)70(95)83-37-15-23-59(83)67(92)76-45(5)62(72)87)80-64(89)54(21-9-12-36-75-63(88)50-19-14-34-73-41-50)78-68(93)60(39-47-26-31-52(85)32-27-47)82(6)69(94)58(42-84)81-66(91)57(40-49-18-13-17-48-16-7-8-20-53(48)49)77-61(86)33-28-46-24-29-51(71)30-25-46/h7-8,13-14,16-20,24-27,29-32,34,41,43-45,54-60,74,84-85H,9-12,15,21-23,28,33,35-40,42H2,1-6H3,(H2,72,87)(H,75,88)(H,76,92)(H,77,86)(H,78,93)(H,79,90)(H,80,89)(H,81,91)/t45-,54-,55+,56+,57-,58+,59+,60+/m1/s1. The van der Waals surface area contributed by atoms with Crippen molar-refractivity contribution in [1.29, 1.82) is 0 Å². The number of carbonyl (C=O) groups excluding carboxylic acids is 10. The Kier molecular flexibility index (Phi) is 29.5. The van der Waals surface area contributed by atoms with Crippen molar-refractivity contribution >= 4 is 69.8 Å². The quantitative estimate of drug-likeness (QED) is 0.0254. The minimum absolute atomic E-state index is 0.0436. The van der Waals surface area contributed by atoms with E-state index in [1.807, 2.05) is 58.0 Å².